The van der Waals surface area contributed by atoms with Gasteiger partial charge in [-0.25, -0.2) is 9.18 Å². The van der Waals surface area contributed by atoms with Crippen molar-refractivity contribution >= 4 is 29.5 Å². The van der Waals surface area contributed by atoms with Gasteiger partial charge < -0.3 is 15.4 Å². The summed E-state index contributed by atoms with van der Waals surface area (Å²) in [6, 6.07) is 4.96. The molecule has 29 heavy (non-hydrogen) atoms. The van der Waals surface area contributed by atoms with Crippen LogP contribution >= 0.6 is 0 Å². The molecule has 3 atom stereocenters. The number of hydrogen-bond donors (Lipinski definition) is 2. The van der Waals surface area contributed by atoms with Gasteiger partial charge in [-0.15, -0.1) is 0 Å². The highest BCUT2D eigenvalue weighted by atomic mass is 19.1. The quantitative estimate of drug-likeness (QED) is 0.577. The van der Waals surface area contributed by atoms with Gasteiger partial charge in [0.2, 0.25) is 0 Å². The summed E-state index contributed by atoms with van der Waals surface area (Å²) in [5, 5.41) is 5.08. The number of benzene rings is 1. The molecular formula is C20H24FN3O5. The van der Waals surface area contributed by atoms with Crippen molar-refractivity contribution < 1.29 is 28.3 Å². The van der Waals surface area contributed by atoms with E-state index >= 15 is 0 Å². The molecule has 2 fully saturated rings. The van der Waals surface area contributed by atoms with Crippen LogP contribution in [-0.2, 0) is 19.1 Å². The Kier molecular flexibility index (Phi) is 5.86. The molecule has 156 valence electrons. The molecule has 1 aromatic carbocycles. The molecule has 1 aliphatic carbocycles. The molecule has 2 N–H and O–H groups in total. The summed E-state index contributed by atoms with van der Waals surface area (Å²) >= 11 is 0. The molecule has 1 aliphatic heterocycles. The molecule has 1 heterocycles. The summed E-state index contributed by atoms with van der Waals surface area (Å²) < 4.78 is 18.7. The largest absolute Gasteiger partial charge is 0.451 e. The Bertz CT molecular complexity index is 845. The van der Waals surface area contributed by atoms with Crippen LogP contribution in [0.15, 0.2) is 24.3 Å². The van der Waals surface area contributed by atoms with Gasteiger partial charge in [0.1, 0.15) is 17.9 Å². The molecule has 0 radical (unpaired) electrons. The lowest BCUT2D eigenvalue weighted by Crippen LogP contribution is -2.54. The van der Waals surface area contributed by atoms with Gasteiger partial charge in [-0.3, -0.25) is 19.3 Å². The van der Waals surface area contributed by atoms with Crippen LogP contribution in [0.4, 0.5) is 14.9 Å². The normalized spacial score (nSPS) is 24.9. The highest BCUT2D eigenvalue weighted by molar-refractivity contribution is 6.09. The number of nitrogens with zero attached hydrogens (tertiary/aromatic N) is 1. The van der Waals surface area contributed by atoms with E-state index in [1.54, 1.807) is 6.07 Å². The first-order valence-corrected chi connectivity index (χ1v) is 9.63. The van der Waals surface area contributed by atoms with Crippen LogP contribution in [0.25, 0.3) is 0 Å². The summed E-state index contributed by atoms with van der Waals surface area (Å²) in [5.74, 6) is -2.71. The van der Waals surface area contributed by atoms with E-state index in [0.29, 0.717) is 6.42 Å². The smallest absolute Gasteiger partial charge is 0.327 e. The second kappa shape index (κ2) is 8.18. The van der Waals surface area contributed by atoms with E-state index in [1.165, 1.54) is 25.1 Å². The van der Waals surface area contributed by atoms with Gasteiger partial charge >= 0.3 is 12.0 Å². The standard InChI is InChI=1S/C20H24FN3O5/c1-12-7-5-6-10-20(12)18(27)24(19(28)23-20)11-16(25)29-13(2)17(26)22-15-9-4-3-8-14(15)21/h3-4,8-9,12-13H,5-7,10-11H2,1-2H3,(H,22,26)(H,23,28)/t12-,13+,20+/m1/s1. The molecule has 1 spiro atoms. The molecule has 2 aliphatic rings. The van der Waals surface area contributed by atoms with Crippen LogP contribution in [0.5, 0.6) is 0 Å². The number of halogens is 1. The number of hydrogen-bond acceptors (Lipinski definition) is 5. The van der Waals surface area contributed by atoms with Crippen molar-refractivity contribution in [1.82, 2.24) is 10.2 Å². The maximum Gasteiger partial charge on any atom is 0.327 e. The number of imide groups is 1. The van der Waals surface area contributed by atoms with Crippen LogP contribution in [0.1, 0.15) is 39.5 Å². The Balaban J connectivity index is 1.58. The van der Waals surface area contributed by atoms with Crippen molar-refractivity contribution in [2.75, 3.05) is 11.9 Å². The van der Waals surface area contributed by atoms with Crippen LogP contribution < -0.4 is 10.6 Å². The van der Waals surface area contributed by atoms with Gasteiger partial charge in [0, 0.05) is 0 Å². The van der Waals surface area contributed by atoms with Crippen molar-refractivity contribution in [2.45, 2.75) is 51.2 Å². The molecule has 0 aromatic heterocycles. The lowest BCUT2D eigenvalue weighted by atomic mass is 9.73. The molecule has 1 aromatic rings. The number of esters is 1. The fraction of sp³-hybridized carbons (Fsp3) is 0.500. The fourth-order valence-corrected chi connectivity index (χ4v) is 3.85. The number of anilines is 1. The minimum absolute atomic E-state index is 0.0285. The van der Waals surface area contributed by atoms with Crippen molar-refractivity contribution in [3.05, 3.63) is 30.1 Å². The van der Waals surface area contributed by atoms with E-state index in [2.05, 4.69) is 10.6 Å². The summed E-state index contributed by atoms with van der Waals surface area (Å²) in [4.78, 5) is 50.4. The number of carbonyl (C=O) groups is 4. The number of para-hydroxylation sites is 1. The Morgan fingerprint density at radius 3 is 2.76 bits per heavy atom. The third-order valence-electron chi connectivity index (χ3n) is 5.60. The fourth-order valence-electron chi connectivity index (χ4n) is 3.85. The molecular weight excluding hydrogens is 381 g/mol. The minimum Gasteiger partial charge on any atom is -0.451 e. The number of ether oxygens (including phenoxy) is 1. The van der Waals surface area contributed by atoms with Crippen molar-refractivity contribution in [1.29, 1.82) is 0 Å². The van der Waals surface area contributed by atoms with Gasteiger partial charge in [-0.1, -0.05) is 31.9 Å². The first-order valence-electron chi connectivity index (χ1n) is 9.63. The molecule has 1 saturated heterocycles. The second-order valence-corrected chi connectivity index (χ2v) is 7.54. The first-order chi connectivity index (χ1) is 13.7. The van der Waals surface area contributed by atoms with Crippen molar-refractivity contribution in [3.63, 3.8) is 0 Å². The topological polar surface area (TPSA) is 105 Å². The van der Waals surface area contributed by atoms with Crippen LogP contribution in [-0.4, -0.2) is 46.9 Å². The predicted octanol–water partition coefficient (Wildman–Crippen LogP) is 2.20. The monoisotopic (exact) mass is 405 g/mol. The van der Waals surface area contributed by atoms with Gasteiger partial charge in [0.25, 0.3) is 11.8 Å². The average molecular weight is 405 g/mol. The molecule has 0 unspecified atom stereocenters. The van der Waals surface area contributed by atoms with Gasteiger partial charge in [0.05, 0.1) is 5.69 Å². The maximum atomic E-state index is 13.6. The van der Waals surface area contributed by atoms with E-state index in [4.69, 9.17) is 4.74 Å². The highest BCUT2D eigenvalue weighted by Gasteiger charge is 2.55. The number of rotatable bonds is 5. The zero-order valence-corrected chi connectivity index (χ0v) is 16.4. The van der Waals surface area contributed by atoms with Gasteiger partial charge in [-0.05, 0) is 37.8 Å². The molecule has 0 bridgehead atoms. The van der Waals surface area contributed by atoms with Crippen molar-refractivity contribution in [3.8, 4) is 0 Å². The molecule has 8 nitrogen and oxygen atoms in total. The summed E-state index contributed by atoms with van der Waals surface area (Å²) in [5.41, 5.74) is -1.01. The maximum absolute atomic E-state index is 13.6. The number of amides is 4. The van der Waals surface area contributed by atoms with Gasteiger partial charge in [-0.2, -0.15) is 0 Å². The minimum atomic E-state index is -1.23. The number of nitrogens with one attached hydrogen (secondary N) is 2. The zero-order valence-electron chi connectivity index (χ0n) is 16.4. The lowest BCUT2D eigenvalue weighted by Gasteiger charge is -2.36. The third kappa shape index (κ3) is 4.08. The van der Waals surface area contributed by atoms with Crippen LogP contribution in [0.2, 0.25) is 0 Å². The van der Waals surface area contributed by atoms with Crippen molar-refractivity contribution in [2.24, 2.45) is 5.92 Å². The van der Waals surface area contributed by atoms with E-state index in [0.717, 1.165) is 24.2 Å². The Morgan fingerprint density at radius 2 is 2.07 bits per heavy atom. The SMILES string of the molecule is C[C@H](OC(=O)CN1C(=O)N[C@]2(CCCC[C@H]2C)C1=O)C(=O)Nc1ccccc1F. The average Bonchev–Trinajstić information content (AvgIpc) is 2.91. The van der Waals surface area contributed by atoms with Gasteiger partial charge in [0.15, 0.2) is 6.10 Å². The van der Waals surface area contributed by atoms with E-state index in [9.17, 15) is 23.6 Å². The molecule has 1 saturated carbocycles. The summed E-state index contributed by atoms with van der Waals surface area (Å²) in [6.45, 7) is 2.65. The van der Waals surface area contributed by atoms with Crippen LogP contribution in [0.3, 0.4) is 0 Å². The van der Waals surface area contributed by atoms with Crippen LogP contribution in [0, 0.1) is 11.7 Å². The molecule has 4 amide bonds. The third-order valence-corrected chi connectivity index (χ3v) is 5.60. The lowest BCUT2D eigenvalue weighted by molar-refractivity contribution is -0.155. The van der Waals surface area contributed by atoms with E-state index in [1.807, 2.05) is 6.92 Å². The Morgan fingerprint density at radius 1 is 1.34 bits per heavy atom. The van der Waals surface area contributed by atoms with E-state index < -0.39 is 47.8 Å². The molecule has 9 heteroatoms. The first kappa shape index (κ1) is 20.8. The number of carbonyl (C=O) groups excluding carboxylic acids is 4. The summed E-state index contributed by atoms with van der Waals surface area (Å²) in [6.07, 6.45) is 1.93. The Labute approximate surface area is 167 Å². The number of urea groups is 1. The summed E-state index contributed by atoms with van der Waals surface area (Å²) in [7, 11) is 0. The zero-order chi connectivity index (χ0) is 21.2. The Hall–Kier alpha value is -2.97. The van der Waals surface area contributed by atoms with E-state index in [-0.39, 0.29) is 11.6 Å². The molecule has 3 rings (SSSR count). The highest BCUT2D eigenvalue weighted by Crippen LogP contribution is 2.38. The predicted molar refractivity (Wildman–Crippen MR) is 101 cm³/mol. The second-order valence-electron chi connectivity index (χ2n) is 7.54.